The SMILES string of the molecule is CCCOCCOCC(=O)c1cccc([N+](=O)[O-])c1. The normalized spacial score (nSPS) is 10.4. The lowest BCUT2D eigenvalue weighted by Gasteiger charge is -2.04. The Labute approximate surface area is 111 Å². The fraction of sp³-hybridized carbons (Fsp3) is 0.462. The van der Waals surface area contributed by atoms with E-state index < -0.39 is 4.92 Å². The zero-order chi connectivity index (χ0) is 14.1. The summed E-state index contributed by atoms with van der Waals surface area (Å²) >= 11 is 0. The Kier molecular flexibility index (Phi) is 6.70. The van der Waals surface area contributed by atoms with Crippen LogP contribution in [0.3, 0.4) is 0 Å². The highest BCUT2D eigenvalue weighted by molar-refractivity contribution is 5.97. The predicted molar refractivity (Wildman–Crippen MR) is 69.4 cm³/mol. The monoisotopic (exact) mass is 267 g/mol. The van der Waals surface area contributed by atoms with Gasteiger partial charge >= 0.3 is 0 Å². The van der Waals surface area contributed by atoms with Crippen LogP contribution in [0.25, 0.3) is 0 Å². The molecule has 0 aliphatic rings. The third-order valence-corrected chi connectivity index (χ3v) is 2.33. The summed E-state index contributed by atoms with van der Waals surface area (Å²) in [6.45, 7) is 3.35. The number of ether oxygens (including phenoxy) is 2. The molecule has 0 atom stereocenters. The van der Waals surface area contributed by atoms with Crippen molar-refractivity contribution in [1.29, 1.82) is 0 Å². The third kappa shape index (κ3) is 5.58. The van der Waals surface area contributed by atoms with Crippen molar-refractivity contribution >= 4 is 11.5 Å². The summed E-state index contributed by atoms with van der Waals surface area (Å²) in [7, 11) is 0. The molecule has 0 heterocycles. The summed E-state index contributed by atoms with van der Waals surface area (Å²) < 4.78 is 10.3. The first kappa shape index (κ1) is 15.3. The quantitative estimate of drug-likeness (QED) is 0.296. The Morgan fingerprint density at radius 1 is 1.26 bits per heavy atom. The number of Topliss-reactive ketones (excluding diaryl/α,β-unsaturated/α-hetero) is 1. The molecule has 1 aromatic carbocycles. The van der Waals surface area contributed by atoms with Gasteiger partial charge in [0.1, 0.15) is 6.61 Å². The van der Waals surface area contributed by atoms with Crippen molar-refractivity contribution in [3.8, 4) is 0 Å². The number of hydrogen-bond acceptors (Lipinski definition) is 5. The molecule has 6 heteroatoms. The molecular formula is C13H17NO5. The van der Waals surface area contributed by atoms with E-state index in [2.05, 4.69) is 0 Å². The van der Waals surface area contributed by atoms with Gasteiger partial charge in [0, 0.05) is 24.3 Å². The number of benzene rings is 1. The van der Waals surface area contributed by atoms with E-state index >= 15 is 0 Å². The van der Waals surface area contributed by atoms with Gasteiger partial charge in [0.25, 0.3) is 5.69 Å². The second kappa shape index (κ2) is 8.34. The Morgan fingerprint density at radius 3 is 2.68 bits per heavy atom. The lowest BCUT2D eigenvalue weighted by molar-refractivity contribution is -0.384. The summed E-state index contributed by atoms with van der Waals surface area (Å²) in [4.78, 5) is 21.8. The van der Waals surface area contributed by atoms with Gasteiger partial charge in [-0.25, -0.2) is 0 Å². The maximum absolute atomic E-state index is 11.7. The fourth-order valence-corrected chi connectivity index (χ4v) is 1.41. The van der Waals surface area contributed by atoms with Crippen LogP contribution < -0.4 is 0 Å². The molecule has 0 aliphatic carbocycles. The minimum atomic E-state index is -0.532. The maximum atomic E-state index is 11.7. The molecule has 0 N–H and O–H groups in total. The molecule has 1 rings (SSSR count). The first-order valence-electron chi connectivity index (χ1n) is 6.08. The van der Waals surface area contributed by atoms with Crippen molar-refractivity contribution < 1.29 is 19.2 Å². The lowest BCUT2D eigenvalue weighted by atomic mass is 10.1. The highest BCUT2D eigenvalue weighted by atomic mass is 16.6. The van der Waals surface area contributed by atoms with Gasteiger partial charge in [-0.15, -0.1) is 0 Å². The number of nitro benzene ring substituents is 1. The minimum absolute atomic E-state index is 0.0999. The Morgan fingerprint density at radius 2 is 2.00 bits per heavy atom. The zero-order valence-corrected chi connectivity index (χ0v) is 10.8. The molecule has 0 unspecified atom stereocenters. The van der Waals surface area contributed by atoms with E-state index in [0.29, 0.717) is 19.8 Å². The maximum Gasteiger partial charge on any atom is 0.270 e. The van der Waals surface area contributed by atoms with Gasteiger partial charge < -0.3 is 9.47 Å². The number of non-ortho nitro benzene ring substituents is 1. The molecule has 104 valence electrons. The Balaban J connectivity index is 2.37. The second-order valence-corrected chi connectivity index (χ2v) is 3.90. The first-order valence-corrected chi connectivity index (χ1v) is 6.08. The molecule has 0 radical (unpaired) electrons. The van der Waals surface area contributed by atoms with E-state index in [1.807, 2.05) is 6.92 Å². The van der Waals surface area contributed by atoms with E-state index in [4.69, 9.17) is 9.47 Å². The van der Waals surface area contributed by atoms with Gasteiger partial charge in [-0.2, -0.15) is 0 Å². The van der Waals surface area contributed by atoms with E-state index in [-0.39, 0.29) is 23.6 Å². The van der Waals surface area contributed by atoms with Crippen molar-refractivity contribution in [2.75, 3.05) is 26.4 Å². The fourth-order valence-electron chi connectivity index (χ4n) is 1.41. The molecule has 0 saturated heterocycles. The highest BCUT2D eigenvalue weighted by Gasteiger charge is 2.11. The molecule has 0 aliphatic heterocycles. The summed E-state index contributed by atoms with van der Waals surface area (Å²) in [6.07, 6.45) is 0.937. The second-order valence-electron chi connectivity index (χ2n) is 3.90. The van der Waals surface area contributed by atoms with Crippen LogP contribution in [0.4, 0.5) is 5.69 Å². The van der Waals surface area contributed by atoms with Crippen molar-refractivity contribution in [1.82, 2.24) is 0 Å². The van der Waals surface area contributed by atoms with Crippen LogP contribution >= 0.6 is 0 Å². The van der Waals surface area contributed by atoms with Crippen LogP contribution in [0.1, 0.15) is 23.7 Å². The molecule has 0 saturated carbocycles. The summed E-state index contributed by atoms with van der Waals surface area (Å²) in [5, 5.41) is 10.6. The van der Waals surface area contributed by atoms with Crippen LogP contribution in [0, 0.1) is 10.1 Å². The van der Waals surface area contributed by atoms with Gasteiger partial charge in [0.15, 0.2) is 5.78 Å². The van der Waals surface area contributed by atoms with Crippen LogP contribution in [0.15, 0.2) is 24.3 Å². The van der Waals surface area contributed by atoms with Gasteiger partial charge in [0.2, 0.25) is 0 Å². The van der Waals surface area contributed by atoms with Crippen LogP contribution in [0.5, 0.6) is 0 Å². The number of carbonyl (C=O) groups is 1. The zero-order valence-electron chi connectivity index (χ0n) is 10.8. The molecule has 0 aromatic heterocycles. The van der Waals surface area contributed by atoms with E-state index in [0.717, 1.165) is 6.42 Å². The molecule has 1 aromatic rings. The summed E-state index contributed by atoms with van der Waals surface area (Å²) in [5.74, 6) is -0.279. The number of carbonyl (C=O) groups excluding carboxylic acids is 1. The van der Waals surface area contributed by atoms with E-state index in [9.17, 15) is 14.9 Å². The molecule has 0 spiro atoms. The smallest absolute Gasteiger partial charge is 0.270 e. The molecule has 19 heavy (non-hydrogen) atoms. The average Bonchev–Trinajstić information content (AvgIpc) is 2.42. The van der Waals surface area contributed by atoms with Crippen molar-refractivity contribution in [3.05, 3.63) is 39.9 Å². The molecule has 0 bridgehead atoms. The summed E-state index contributed by atoms with van der Waals surface area (Å²) in [5.41, 5.74) is 0.181. The largest absolute Gasteiger partial charge is 0.379 e. The van der Waals surface area contributed by atoms with Crippen molar-refractivity contribution in [3.63, 3.8) is 0 Å². The Hall–Kier alpha value is -1.79. The van der Waals surface area contributed by atoms with E-state index in [1.54, 1.807) is 0 Å². The first-order chi connectivity index (χ1) is 9.15. The average molecular weight is 267 g/mol. The standard InChI is InChI=1S/C13H17NO5/c1-2-6-18-7-8-19-10-13(15)11-4-3-5-12(9-11)14(16)17/h3-5,9H,2,6-8,10H2,1H3. The van der Waals surface area contributed by atoms with Crippen LogP contribution in [-0.2, 0) is 9.47 Å². The highest BCUT2D eigenvalue weighted by Crippen LogP contribution is 2.13. The third-order valence-electron chi connectivity index (χ3n) is 2.33. The topological polar surface area (TPSA) is 78.7 Å². The van der Waals surface area contributed by atoms with Gasteiger partial charge in [-0.3, -0.25) is 14.9 Å². The minimum Gasteiger partial charge on any atom is -0.379 e. The van der Waals surface area contributed by atoms with Crippen molar-refractivity contribution in [2.24, 2.45) is 0 Å². The number of nitrogens with zero attached hydrogens (tertiary/aromatic N) is 1. The molecule has 0 amide bonds. The van der Waals surface area contributed by atoms with Gasteiger partial charge in [-0.05, 0) is 6.42 Å². The molecule has 0 fully saturated rings. The molecular weight excluding hydrogens is 250 g/mol. The number of ketones is 1. The predicted octanol–water partition coefficient (Wildman–Crippen LogP) is 2.22. The summed E-state index contributed by atoms with van der Waals surface area (Å²) in [6, 6.07) is 5.61. The molecule has 6 nitrogen and oxygen atoms in total. The van der Waals surface area contributed by atoms with E-state index in [1.165, 1.54) is 24.3 Å². The number of nitro groups is 1. The lowest BCUT2D eigenvalue weighted by Crippen LogP contribution is -2.13. The number of rotatable bonds is 9. The Bertz CT molecular complexity index is 433. The van der Waals surface area contributed by atoms with Crippen molar-refractivity contribution in [2.45, 2.75) is 13.3 Å². The number of hydrogen-bond donors (Lipinski definition) is 0. The van der Waals surface area contributed by atoms with Gasteiger partial charge in [-0.1, -0.05) is 19.1 Å². The van der Waals surface area contributed by atoms with Crippen LogP contribution in [-0.4, -0.2) is 37.1 Å². The van der Waals surface area contributed by atoms with Gasteiger partial charge in [0.05, 0.1) is 18.1 Å². The van der Waals surface area contributed by atoms with Crippen LogP contribution in [0.2, 0.25) is 0 Å².